The van der Waals surface area contributed by atoms with Crippen LogP contribution in [0.5, 0.6) is 5.75 Å². The van der Waals surface area contributed by atoms with Crippen molar-refractivity contribution in [2.45, 2.75) is 49.1 Å². The van der Waals surface area contributed by atoms with E-state index >= 15 is 0 Å². The van der Waals surface area contributed by atoms with E-state index in [-0.39, 0.29) is 11.5 Å². The van der Waals surface area contributed by atoms with Crippen LogP contribution in [-0.4, -0.2) is 28.5 Å². The molecular formula is C25H25F4N3O3S. The zero-order valence-corrected chi connectivity index (χ0v) is 20.8. The van der Waals surface area contributed by atoms with Crippen LogP contribution in [0.3, 0.4) is 0 Å². The second kappa shape index (κ2) is 10.7. The number of amides is 1. The molecule has 0 aliphatic heterocycles. The maximum Gasteiger partial charge on any atom is 0.446 e. The van der Waals surface area contributed by atoms with Crippen molar-refractivity contribution in [2.75, 3.05) is 7.11 Å². The number of thioether (sulfide) groups is 1. The molecule has 6 nitrogen and oxygen atoms in total. The summed E-state index contributed by atoms with van der Waals surface area (Å²) in [5.41, 5.74) is -4.94. The minimum absolute atomic E-state index is 0.140. The molecule has 1 atom stereocenters. The maximum atomic E-state index is 14.3. The number of halogens is 4. The molecule has 3 aromatic rings. The molecule has 0 unspecified atom stereocenters. The van der Waals surface area contributed by atoms with E-state index in [1.807, 2.05) is 26.0 Å². The molecule has 0 spiro atoms. The standard InChI is InChI=1S/C25H25F4N3O3S/c1-5-18(14-6-11-20(17(26)12-14)36-25(27,28)29)30-22(34)19-13-21(33)32-23(31-19)24(2,3)15-7-9-16(35-4)10-8-15/h6-13,18H,5H2,1-4H3,(H,30,34)(H,31,32,33)/t18-/m1/s1. The second-order valence-corrected chi connectivity index (χ2v) is 9.61. The van der Waals surface area contributed by atoms with Gasteiger partial charge in [0.1, 0.15) is 23.1 Å². The number of carbonyl (C=O) groups excluding carboxylic acids is 1. The predicted octanol–water partition coefficient (Wildman–Crippen LogP) is 5.74. The number of hydrogen-bond acceptors (Lipinski definition) is 5. The van der Waals surface area contributed by atoms with Gasteiger partial charge in [-0.3, -0.25) is 9.59 Å². The van der Waals surface area contributed by atoms with Crippen LogP contribution < -0.4 is 15.6 Å². The average Bonchev–Trinajstić information content (AvgIpc) is 2.82. The highest BCUT2D eigenvalue weighted by Crippen LogP contribution is 2.38. The zero-order chi connectivity index (χ0) is 26.7. The molecule has 2 N–H and O–H groups in total. The van der Waals surface area contributed by atoms with Gasteiger partial charge in [0, 0.05) is 11.5 Å². The highest BCUT2D eigenvalue weighted by Gasteiger charge is 2.31. The third kappa shape index (κ3) is 6.45. The molecule has 192 valence electrons. The SMILES string of the molecule is CC[C@@H](NC(=O)c1cc(=O)[nH]c(C(C)(C)c2ccc(OC)cc2)n1)c1ccc(SC(F)(F)F)c(F)c1. The molecule has 0 saturated heterocycles. The number of alkyl halides is 3. The van der Waals surface area contributed by atoms with Crippen molar-refractivity contribution in [3.8, 4) is 5.75 Å². The number of methoxy groups -OCH3 is 1. The van der Waals surface area contributed by atoms with Crippen LogP contribution in [0, 0.1) is 5.82 Å². The van der Waals surface area contributed by atoms with E-state index in [9.17, 15) is 27.2 Å². The summed E-state index contributed by atoms with van der Waals surface area (Å²) in [7, 11) is 1.55. The van der Waals surface area contributed by atoms with E-state index in [4.69, 9.17) is 4.74 Å². The number of benzene rings is 2. The van der Waals surface area contributed by atoms with Crippen LogP contribution in [0.2, 0.25) is 0 Å². The molecule has 0 bridgehead atoms. The normalized spacial score (nSPS) is 12.8. The fourth-order valence-electron chi connectivity index (χ4n) is 3.61. The molecule has 36 heavy (non-hydrogen) atoms. The number of aromatic amines is 1. The summed E-state index contributed by atoms with van der Waals surface area (Å²) in [6, 6.07) is 10.9. The Bertz CT molecular complexity index is 1290. The summed E-state index contributed by atoms with van der Waals surface area (Å²) in [5.74, 6) is -0.789. The minimum atomic E-state index is -4.62. The van der Waals surface area contributed by atoms with Gasteiger partial charge in [-0.25, -0.2) is 9.37 Å². The lowest BCUT2D eigenvalue weighted by molar-refractivity contribution is -0.0329. The van der Waals surface area contributed by atoms with Crippen LogP contribution in [0.15, 0.2) is 58.2 Å². The van der Waals surface area contributed by atoms with Gasteiger partial charge >= 0.3 is 5.51 Å². The zero-order valence-electron chi connectivity index (χ0n) is 20.0. The first-order valence-electron chi connectivity index (χ1n) is 11.0. The largest absolute Gasteiger partial charge is 0.497 e. The maximum absolute atomic E-state index is 14.3. The second-order valence-electron chi connectivity index (χ2n) is 8.50. The lowest BCUT2D eigenvalue weighted by atomic mass is 9.83. The third-order valence-corrected chi connectivity index (χ3v) is 6.46. The van der Waals surface area contributed by atoms with Gasteiger partial charge < -0.3 is 15.0 Å². The van der Waals surface area contributed by atoms with Crippen molar-refractivity contribution in [2.24, 2.45) is 0 Å². The number of carbonyl (C=O) groups is 1. The summed E-state index contributed by atoms with van der Waals surface area (Å²) in [5, 5.41) is 2.69. The van der Waals surface area contributed by atoms with Gasteiger partial charge in [0.25, 0.3) is 11.5 Å². The lowest BCUT2D eigenvalue weighted by Gasteiger charge is -2.25. The number of rotatable bonds is 8. The molecule has 0 saturated carbocycles. The van der Waals surface area contributed by atoms with Crippen molar-refractivity contribution in [3.05, 3.63) is 87.3 Å². The number of nitrogens with one attached hydrogen (secondary N) is 2. The lowest BCUT2D eigenvalue weighted by Crippen LogP contribution is -2.33. The van der Waals surface area contributed by atoms with Gasteiger partial charge in [-0.05, 0) is 67.4 Å². The third-order valence-electron chi connectivity index (χ3n) is 5.68. The van der Waals surface area contributed by atoms with Crippen molar-refractivity contribution in [1.82, 2.24) is 15.3 Å². The van der Waals surface area contributed by atoms with E-state index in [0.717, 1.165) is 23.8 Å². The van der Waals surface area contributed by atoms with Gasteiger partial charge in [-0.1, -0.05) is 25.1 Å². The van der Waals surface area contributed by atoms with E-state index in [0.29, 0.717) is 17.7 Å². The Kier molecular flexibility index (Phi) is 8.12. The molecular weight excluding hydrogens is 498 g/mol. The van der Waals surface area contributed by atoms with Crippen LogP contribution in [-0.2, 0) is 5.41 Å². The van der Waals surface area contributed by atoms with Gasteiger partial charge in [0.05, 0.1) is 18.0 Å². The molecule has 0 fully saturated rings. The number of ether oxygens (including phenoxy) is 1. The van der Waals surface area contributed by atoms with Crippen molar-refractivity contribution < 1.29 is 27.1 Å². The first-order valence-corrected chi connectivity index (χ1v) is 11.8. The van der Waals surface area contributed by atoms with E-state index in [1.165, 1.54) is 6.07 Å². The van der Waals surface area contributed by atoms with E-state index in [2.05, 4.69) is 15.3 Å². The summed E-state index contributed by atoms with van der Waals surface area (Å²) < 4.78 is 57.2. The highest BCUT2D eigenvalue weighted by atomic mass is 32.2. The smallest absolute Gasteiger partial charge is 0.446 e. The number of nitrogens with zero attached hydrogens (tertiary/aromatic N) is 1. The van der Waals surface area contributed by atoms with Gasteiger partial charge in [0.2, 0.25) is 0 Å². The van der Waals surface area contributed by atoms with Crippen LogP contribution in [0.1, 0.15) is 60.7 Å². The summed E-state index contributed by atoms with van der Waals surface area (Å²) in [6.07, 6.45) is 0.324. The van der Waals surface area contributed by atoms with E-state index in [1.54, 1.807) is 26.2 Å². The van der Waals surface area contributed by atoms with Crippen molar-refractivity contribution in [1.29, 1.82) is 0 Å². The van der Waals surface area contributed by atoms with Crippen molar-refractivity contribution >= 4 is 17.7 Å². The monoisotopic (exact) mass is 523 g/mol. The Balaban J connectivity index is 1.86. The first-order chi connectivity index (χ1) is 16.8. The molecule has 3 rings (SSSR count). The van der Waals surface area contributed by atoms with E-state index < -0.39 is 50.9 Å². The van der Waals surface area contributed by atoms with Crippen LogP contribution in [0.25, 0.3) is 0 Å². The number of aromatic nitrogens is 2. The average molecular weight is 524 g/mol. The first kappa shape index (κ1) is 27.3. The number of hydrogen-bond donors (Lipinski definition) is 2. The quantitative estimate of drug-likeness (QED) is 0.291. The Morgan fingerprint density at radius 2 is 1.81 bits per heavy atom. The predicted molar refractivity (Wildman–Crippen MR) is 129 cm³/mol. The summed E-state index contributed by atoms with van der Waals surface area (Å²) in [4.78, 5) is 31.9. The fourth-order valence-corrected chi connectivity index (χ4v) is 4.15. The summed E-state index contributed by atoms with van der Waals surface area (Å²) in [6.45, 7) is 5.41. The molecule has 1 aromatic heterocycles. The minimum Gasteiger partial charge on any atom is -0.497 e. The molecule has 11 heteroatoms. The Morgan fingerprint density at radius 3 is 2.36 bits per heavy atom. The van der Waals surface area contributed by atoms with Crippen LogP contribution in [0.4, 0.5) is 17.6 Å². The Labute approximate surface area is 209 Å². The number of H-pyrrole nitrogens is 1. The van der Waals surface area contributed by atoms with Gasteiger partial charge in [-0.15, -0.1) is 0 Å². The fraction of sp³-hybridized carbons (Fsp3) is 0.320. The van der Waals surface area contributed by atoms with Gasteiger partial charge in [-0.2, -0.15) is 13.2 Å². The molecule has 0 radical (unpaired) electrons. The van der Waals surface area contributed by atoms with Crippen molar-refractivity contribution in [3.63, 3.8) is 0 Å². The molecule has 1 heterocycles. The molecule has 2 aromatic carbocycles. The molecule has 1 amide bonds. The Morgan fingerprint density at radius 1 is 1.14 bits per heavy atom. The van der Waals surface area contributed by atoms with Gasteiger partial charge in [0.15, 0.2) is 0 Å². The molecule has 0 aliphatic carbocycles. The summed E-state index contributed by atoms with van der Waals surface area (Å²) >= 11 is -0.546. The molecule has 0 aliphatic rings. The Hall–Kier alpha value is -3.34. The van der Waals surface area contributed by atoms with Crippen LogP contribution >= 0.6 is 11.8 Å². The topological polar surface area (TPSA) is 84.1 Å². The highest BCUT2D eigenvalue weighted by molar-refractivity contribution is 8.00.